The van der Waals surface area contributed by atoms with E-state index in [1.807, 2.05) is 18.2 Å². The zero-order valence-electron chi connectivity index (χ0n) is 15.7. The lowest BCUT2D eigenvalue weighted by Gasteiger charge is -2.06. The van der Waals surface area contributed by atoms with Gasteiger partial charge in [-0.3, -0.25) is 19.9 Å². The number of pyridine rings is 1. The number of carbonyl (C=O) groups is 2. The third-order valence-corrected chi connectivity index (χ3v) is 4.73. The molecule has 0 aliphatic heterocycles. The number of hydrogen-bond donors (Lipinski definition) is 2. The summed E-state index contributed by atoms with van der Waals surface area (Å²) in [6.45, 7) is 1.34. The molecule has 150 valence electrons. The lowest BCUT2D eigenvalue weighted by Crippen LogP contribution is -2.16. The lowest BCUT2D eigenvalue weighted by molar-refractivity contribution is -0.114. The molecule has 3 aromatic heterocycles. The Morgan fingerprint density at radius 1 is 1.07 bits per heavy atom. The first-order chi connectivity index (χ1) is 14.5. The zero-order chi connectivity index (χ0) is 21.1. The first kappa shape index (κ1) is 19.4. The SMILES string of the molecule is CC(=O)Nc1cc(C(=O)Nc2nc(-c3ccccn3)cs2)n(-c2ccc(F)cc2)n1. The monoisotopic (exact) mass is 422 g/mol. The minimum atomic E-state index is -0.481. The van der Waals surface area contributed by atoms with Crippen LogP contribution in [0, 0.1) is 5.82 Å². The van der Waals surface area contributed by atoms with Crippen molar-refractivity contribution in [3.8, 4) is 17.1 Å². The van der Waals surface area contributed by atoms with E-state index in [9.17, 15) is 14.0 Å². The molecule has 0 fully saturated rings. The molecule has 3 heterocycles. The highest BCUT2D eigenvalue weighted by molar-refractivity contribution is 7.14. The molecule has 4 rings (SSSR count). The van der Waals surface area contributed by atoms with Crippen molar-refractivity contribution < 1.29 is 14.0 Å². The van der Waals surface area contributed by atoms with Crippen LogP contribution in [-0.4, -0.2) is 31.6 Å². The van der Waals surface area contributed by atoms with Gasteiger partial charge in [0.1, 0.15) is 17.2 Å². The van der Waals surface area contributed by atoms with Crippen LogP contribution in [0.4, 0.5) is 15.3 Å². The van der Waals surface area contributed by atoms with Gasteiger partial charge in [0.2, 0.25) is 5.91 Å². The first-order valence-electron chi connectivity index (χ1n) is 8.81. The Balaban J connectivity index is 1.63. The number of halogens is 1. The van der Waals surface area contributed by atoms with Crippen molar-refractivity contribution in [3.63, 3.8) is 0 Å². The number of thiazole rings is 1. The summed E-state index contributed by atoms with van der Waals surface area (Å²) >= 11 is 1.26. The molecule has 0 saturated carbocycles. The number of hydrogen-bond acceptors (Lipinski definition) is 6. The van der Waals surface area contributed by atoms with Crippen LogP contribution in [0.5, 0.6) is 0 Å². The van der Waals surface area contributed by atoms with Gasteiger partial charge in [0.05, 0.1) is 11.4 Å². The second-order valence-electron chi connectivity index (χ2n) is 6.19. The zero-order valence-corrected chi connectivity index (χ0v) is 16.5. The number of nitrogens with one attached hydrogen (secondary N) is 2. The van der Waals surface area contributed by atoms with Gasteiger partial charge >= 0.3 is 0 Å². The lowest BCUT2D eigenvalue weighted by atomic mass is 10.3. The molecule has 10 heteroatoms. The van der Waals surface area contributed by atoms with Gasteiger partial charge in [-0.05, 0) is 36.4 Å². The summed E-state index contributed by atoms with van der Waals surface area (Å²) in [5, 5.41) is 11.7. The molecule has 0 bridgehead atoms. The Morgan fingerprint density at radius 2 is 1.87 bits per heavy atom. The average Bonchev–Trinajstić information content (AvgIpc) is 3.36. The minimum Gasteiger partial charge on any atom is -0.309 e. The maximum absolute atomic E-state index is 13.3. The molecule has 0 aliphatic carbocycles. The quantitative estimate of drug-likeness (QED) is 0.510. The molecule has 1 aromatic carbocycles. The van der Waals surface area contributed by atoms with E-state index in [1.165, 1.54) is 53.3 Å². The van der Waals surface area contributed by atoms with Crippen LogP contribution < -0.4 is 10.6 Å². The Morgan fingerprint density at radius 3 is 2.57 bits per heavy atom. The molecule has 4 aromatic rings. The van der Waals surface area contributed by atoms with Crippen LogP contribution in [0.2, 0.25) is 0 Å². The van der Waals surface area contributed by atoms with Crippen molar-refractivity contribution in [2.24, 2.45) is 0 Å². The Hall–Kier alpha value is -3.92. The predicted octanol–water partition coefficient (Wildman–Crippen LogP) is 3.74. The molecule has 0 saturated heterocycles. The number of rotatable bonds is 5. The van der Waals surface area contributed by atoms with Crippen LogP contribution >= 0.6 is 11.3 Å². The van der Waals surface area contributed by atoms with Gasteiger partial charge < -0.3 is 5.32 Å². The average molecular weight is 422 g/mol. The molecule has 30 heavy (non-hydrogen) atoms. The molecule has 0 spiro atoms. The van der Waals surface area contributed by atoms with Gasteiger partial charge in [-0.1, -0.05) is 6.07 Å². The number of anilines is 2. The summed E-state index contributed by atoms with van der Waals surface area (Å²) in [5.41, 5.74) is 1.95. The normalized spacial score (nSPS) is 10.6. The topological polar surface area (TPSA) is 102 Å². The second-order valence-corrected chi connectivity index (χ2v) is 7.05. The Labute approximate surface area is 174 Å². The Kier molecular flexibility index (Phi) is 5.31. The molecular formula is C20H15FN6O2S. The fourth-order valence-electron chi connectivity index (χ4n) is 2.69. The molecule has 0 aliphatic rings. The van der Waals surface area contributed by atoms with Gasteiger partial charge in [-0.2, -0.15) is 0 Å². The molecular weight excluding hydrogens is 407 g/mol. The third kappa shape index (κ3) is 4.23. The van der Waals surface area contributed by atoms with Crippen molar-refractivity contribution in [3.05, 3.63) is 71.6 Å². The van der Waals surface area contributed by atoms with Crippen molar-refractivity contribution in [2.75, 3.05) is 10.6 Å². The van der Waals surface area contributed by atoms with Crippen molar-refractivity contribution in [1.82, 2.24) is 19.7 Å². The predicted molar refractivity (Wildman–Crippen MR) is 111 cm³/mol. The number of nitrogens with zero attached hydrogens (tertiary/aromatic N) is 4. The van der Waals surface area contributed by atoms with Crippen molar-refractivity contribution >= 4 is 34.1 Å². The van der Waals surface area contributed by atoms with Crippen LogP contribution in [0.3, 0.4) is 0 Å². The minimum absolute atomic E-state index is 0.153. The smallest absolute Gasteiger partial charge is 0.276 e. The fourth-order valence-corrected chi connectivity index (χ4v) is 3.39. The highest BCUT2D eigenvalue weighted by atomic mass is 32.1. The molecule has 0 atom stereocenters. The van der Waals surface area contributed by atoms with Gasteiger partial charge in [0.15, 0.2) is 10.9 Å². The number of amides is 2. The van der Waals surface area contributed by atoms with Crippen LogP contribution in [-0.2, 0) is 4.79 Å². The third-order valence-electron chi connectivity index (χ3n) is 3.97. The highest BCUT2D eigenvalue weighted by Crippen LogP contribution is 2.24. The fraction of sp³-hybridized carbons (Fsp3) is 0.0500. The van der Waals surface area contributed by atoms with E-state index in [-0.39, 0.29) is 17.4 Å². The Bertz CT molecular complexity index is 1200. The first-order valence-corrected chi connectivity index (χ1v) is 9.69. The summed E-state index contributed by atoms with van der Waals surface area (Å²) in [4.78, 5) is 32.9. The van der Waals surface area contributed by atoms with Crippen LogP contribution in [0.15, 0.2) is 60.1 Å². The second kappa shape index (κ2) is 8.21. The maximum Gasteiger partial charge on any atom is 0.276 e. The van der Waals surface area contributed by atoms with Gasteiger partial charge in [0.25, 0.3) is 5.91 Å². The summed E-state index contributed by atoms with van der Waals surface area (Å²) in [6, 6.07) is 12.4. The van der Waals surface area contributed by atoms with Gasteiger partial charge in [-0.15, -0.1) is 16.4 Å². The summed E-state index contributed by atoms with van der Waals surface area (Å²) in [5.74, 6) is -1.02. The molecule has 2 amide bonds. The van der Waals surface area contributed by atoms with E-state index in [2.05, 4.69) is 25.7 Å². The van der Waals surface area contributed by atoms with Crippen LogP contribution in [0.25, 0.3) is 17.1 Å². The van der Waals surface area contributed by atoms with E-state index in [0.717, 1.165) is 0 Å². The van der Waals surface area contributed by atoms with Crippen molar-refractivity contribution in [1.29, 1.82) is 0 Å². The largest absolute Gasteiger partial charge is 0.309 e. The van der Waals surface area contributed by atoms with Crippen LogP contribution in [0.1, 0.15) is 17.4 Å². The summed E-state index contributed by atoms with van der Waals surface area (Å²) in [6.07, 6.45) is 1.66. The van der Waals surface area contributed by atoms with E-state index in [0.29, 0.717) is 22.2 Å². The van der Waals surface area contributed by atoms with E-state index < -0.39 is 11.7 Å². The molecule has 0 radical (unpaired) electrons. The van der Waals surface area contributed by atoms with E-state index in [4.69, 9.17) is 0 Å². The van der Waals surface area contributed by atoms with Gasteiger partial charge in [-0.25, -0.2) is 14.1 Å². The molecule has 8 nitrogen and oxygen atoms in total. The van der Waals surface area contributed by atoms with Gasteiger partial charge in [0, 0.05) is 24.6 Å². The number of benzene rings is 1. The van der Waals surface area contributed by atoms with E-state index >= 15 is 0 Å². The van der Waals surface area contributed by atoms with E-state index in [1.54, 1.807) is 11.6 Å². The number of carbonyl (C=O) groups excluding carboxylic acids is 2. The summed E-state index contributed by atoms with van der Waals surface area (Å²) < 4.78 is 14.6. The highest BCUT2D eigenvalue weighted by Gasteiger charge is 2.19. The molecule has 0 unspecified atom stereocenters. The summed E-state index contributed by atoms with van der Waals surface area (Å²) in [7, 11) is 0. The van der Waals surface area contributed by atoms with Crippen molar-refractivity contribution in [2.45, 2.75) is 6.92 Å². The number of aromatic nitrogens is 4. The maximum atomic E-state index is 13.3. The standard InChI is InChI=1S/C20H15FN6O2S/c1-12(28)23-18-10-17(27(26-18)14-7-5-13(21)6-8-14)19(29)25-20-24-16(11-30-20)15-4-2-3-9-22-15/h2-11H,1H3,(H,23,26,28)(H,24,25,29). The molecule has 2 N–H and O–H groups in total.